The Morgan fingerprint density at radius 3 is 1.20 bits per heavy atom. The van der Waals surface area contributed by atoms with Crippen LogP contribution in [0, 0.1) is 0 Å². The van der Waals surface area contributed by atoms with Crippen molar-refractivity contribution in [2.45, 2.75) is 0 Å². The summed E-state index contributed by atoms with van der Waals surface area (Å²) in [5, 5.41) is 18.3. The van der Waals surface area contributed by atoms with Crippen molar-refractivity contribution in [1.29, 1.82) is 0 Å². The molecule has 0 aliphatic heterocycles. The topological polar surface area (TPSA) is 78.4 Å². The average molecular weight is 537 g/mol. The fraction of sp³-hybridized carbons (Fsp3) is 0. The van der Waals surface area contributed by atoms with E-state index < -0.39 is 11.6 Å². The third kappa shape index (κ3) is 6.49. The predicted octanol–water partition coefficient (Wildman–Crippen LogP) is 8.16. The van der Waals surface area contributed by atoms with Crippen molar-refractivity contribution >= 4 is 28.7 Å². The average Bonchev–Trinajstić information content (AvgIpc) is 3.05. The molecule has 5 heteroatoms. The number of hydrogen-bond acceptors (Lipinski definition) is 5. The van der Waals surface area contributed by atoms with Gasteiger partial charge in [0.05, 0.1) is 11.3 Å². The summed E-state index contributed by atoms with van der Waals surface area (Å²) in [5.41, 5.74) is 2.61. The van der Waals surface area contributed by atoms with Crippen LogP contribution in [0.15, 0.2) is 169 Å². The Labute approximate surface area is 239 Å². The van der Waals surface area contributed by atoms with Crippen molar-refractivity contribution in [3.63, 3.8) is 0 Å². The second kappa shape index (κ2) is 12.9. The first-order valence-electron chi connectivity index (χ1n) is 13.2. The maximum atomic E-state index is 14.4. The van der Waals surface area contributed by atoms with Crippen molar-refractivity contribution in [3.05, 3.63) is 185 Å². The Balaban J connectivity index is 1.84. The van der Waals surface area contributed by atoms with Gasteiger partial charge in [-0.2, -0.15) is 0 Å². The number of hydrogen-bond donors (Lipinski definition) is 3. The standard InChI is InChI=1S/C36H28N2O3/c39-34(26-16-6-1-7-17-26)31(32(37-29-22-12-4-13-23-29)35(40)27-18-8-2-9-19-27)33(38-30-24-14-5-15-25-30)36(41)28-20-10-3-11-21-28/h1-25,37-38,40H/b33-31+,35-32+. The predicted molar refractivity (Wildman–Crippen MR) is 165 cm³/mol. The van der Waals surface area contributed by atoms with E-state index in [1.807, 2.05) is 78.9 Å². The summed E-state index contributed by atoms with van der Waals surface area (Å²) in [4.78, 5) is 28.7. The number of rotatable bonds is 10. The quantitative estimate of drug-likeness (QED) is 0.0726. The van der Waals surface area contributed by atoms with Gasteiger partial charge in [-0.1, -0.05) is 127 Å². The number of carbonyl (C=O) groups excluding carboxylic acids is 2. The van der Waals surface area contributed by atoms with Gasteiger partial charge in [0.15, 0.2) is 5.78 Å². The molecule has 0 heterocycles. The van der Waals surface area contributed by atoms with Crippen LogP contribution in [-0.2, 0) is 0 Å². The number of aliphatic hydroxyl groups is 1. The van der Waals surface area contributed by atoms with Gasteiger partial charge in [0.25, 0.3) is 0 Å². The van der Waals surface area contributed by atoms with Crippen LogP contribution >= 0.6 is 0 Å². The van der Waals surface area contributed by atoms with E-state index in [2.05, 4.69) is 10.6 Å². The maximum Gasteiger partial charge on any atom is 0.210 e. The molecule has 0 saturated heterocycles. The summed E-state index contributed by atoms with van der Waals surface area (Å²) in [6.07, 6.45) is 0. The van der Waals surface area contributed by atoms with Crippen LogP contribution in [0.2, 0.25) is 0 Å². The summed E-state index contributed by atoms with van der Waals surface area (Å²) in [6.45, 7) is 0. The molecule has 5 nitrogen and oxygen atoms in total. The molecule has 0 radical (unpaired) electrons. The van der Waals surface area contributed by atoms with Gasteiger partial charge in [0.2, 0.25) is 5.78 Å². The molecule has 0 spiro atoms. The van der Waals surface area contributed by atoms with E-state index in [1.165, 1.54) is 0 Å². The molecule has 0 bridgehead atoms. The minimum absolute atomic E-state index is 0.000822. The van der Waals surface area contributed by atoms with Crippen molar-refractivity contribution in [3.8, 4) is 0 Å². The third-order valence-electron chi connectivity index (χ3n) is 6.40. The summed E-state index contributed by atoms with van der Waals surface area (Å²) in [7, 11) is 0. The lowest BCUT2D eigenvalue weighted by molar-refractivity contribution is 0.100. The van der Waals surface area contributed by atoms with E-state index >= 15 is 0 Å². The molecule has 3 N–H and O–H groups in total. The highest BCUT2D eigenvalue weighted by molar-refractivity contribution is 6.22. The van der Waals surface area contributed by atoms with Crippen molar-refractivity contribution in [2.75, 3.05) is 10.6 Å². The van der Waals surface area contributed by atoms with Crippen molar-refractivity contribution < 1.29 is 14.7 Å². The van der Waals surface area contributed by atoms with Crippen molar-refractivity contribution in [1.82, 2.24) is 0 Å². The number of Topliss-reactive ketones (excluding diaryl/α,β-unsaturated/α-hetero) is 2. The molecule has 5 aromatic carbocycles. The Bertz CT molecular complexity index is 1680. The van der Waals surface area contributed by atoms with Crippen LogP contribution < -0.4 is 10.6 Å². The van der Waals surface area contributed by atoms with Gasteiger partial charge >= 0.3 is 0 Å². The molecular formula is C36H28N2O3. The second-order valence-corrected chi connectivity index (χ2v) is 9.21. The Morgan fingerprint density at radius 2 is 0.756 bits per heavy atom. The maximum absolute atomic E-state index is 14.4. The van der Waals surface area contributed by atoms with Crippen LogP contribution in [0.3, 0.4) is 0 Å². The molecule has 0 aromatic heterocycles. The number of benzene rings is 5. The lowest BCUT2D eigenvalue weighted by Crippen LogP contribution is -2.23. The summed E-state index contributed by atoms with van der Waals surface area (Å²) in [6, 6.07) is 44.8. The highest BCUT2D eigenvalue weighted by Crippen LogP contribution is 2.31. The number of carbonyl (C=O) groups is 2. The molecule has 0 atom stereocenters. The SMILES string of the molecule is O=C(/C(Nc1ccccc1)=C(C(=O)c1ccccc1)/C(Nc1ccccc1)=C(\O)c1ccccc1)c1ccccc1. The molecule has 0 unspecified atom stereocenters. The van der Waals surface area contributed by atoms with Gasteiger partial charge in [-0.15, -0.1) is 0 Å². The molecule has 0 fully saturated rings. The van der Waals surface area contributed by atoms with E-state index in [4.69, 9.17) is 0 Å². The zero-order chi connectivity index (χ0) is 28.4. The normalized spacial score (nSPS) is 12.0. The highest BCUT2D eigenvalue weighted by Gasteiger charge is 2.29. The summed E-state index contributed by atoms with van der Waals surface area (Å²) in [5.74, 6) is -1.02. The van der Waals surface area contributed by atoms with Crippen LogP contribution in [-0.4, -0.2) is 16.7 Å². The number of allylic oxidation sites excluding steroid dienone is 2. The van der Waals surface area contributed by atoms with Crippen LogP contribution in [0.4, 0.5) is 11.4 Å². The Kier molecular flexibility index (Phi) is 8.48. The fourth-order valence-corrected chi connectivity index (χ4v) is 4.36. The molecule has 5 rings (SSSR count). The first-order valence-corrected chi connectivity index (χ1v) is 13.2. The number of nitrogens with one attached hydrogen (secondary N) is 2. The van der Waals surface area contributed by atoms with Gasteiger partial charge < -0.3 is 15.7 Å². The number of ketones is 2. The van der Waals surface area contributed by atoms with Gasteiger partial charge in [-0.3, -0.25) is 9.59 Å². The molecule has 200 valence electrons. The summed E-state index contributed by atoms with van der Waals surface area (Å²) >= 11 is 0. The molecular weight excluding hydrogens is 508 g/mol. The van der Waals surface area contributed by atoms with Crippen LogP contribution in [0.5, 0.6) is 0 Å². The van der Waals surface area contributed by atoms with Crippen LogP contribution in [0.1, 0.15) is 26.3 Å². The largest absolute Gasteiger partial charge is 0.505 e. The number of aliphatic hydroxyl groups excluding tert-OH is 1. The smallest absolute Gasteiger partial charge is 0.210 e. The van der Waals surface area contributed by atoms with E-state index in [1.54, 1.807) is 72.8 Å². The summed E-state index contributed by atoms with van der Waals surface area (Å²) < 4.78 is 0. The monoisotopic (exact) mass is 536 g/mol. The second-order valence-electron chi connectivity index (χ2n) is 9.21. The van der Waals surface area contributed by atoms with E-state index in [9.17, 15) is 14.7 Å². The molecule has 41 heavy (non-hydrogen) atoms. The highest BCUT2D eigenvalue weighted by atomic mass is 16.3. The van der Waals surface area contributed by atoms with Crippen molar-refractivity contribution in [2.24, 2.45) is 0 Å². The molecule has 0 saturated carbocycles. The molecule has 0 aliphatic rings. The minimum atomic E-state index is -0.436. The number of anilines is 2. The first-order chi connectivity index (χ1) is 20.1. The molecule has 0 aliphatic carbocycles. The fourth-order valence-electron chi connectivity index (χ4n) is 4.36. The van der Waals surface area contributed by atoms with Gasteiger partial charge in [-0.25, -0.2) is 0 Å². The Morgan fingerprint density at radius 1 is 0.415 bits per heavy atom. The lowest BCUT2D eigenvalue weighted by Gasteiger charge is -2.21. The van der Waals surface area contributed by atoms with Crippen LogP contribution in [0.25, 0.3) is 5.76 Å². The van der Waals surface area contributed by atoms with E-state index in [-0.39, 0.29) is 22.7 Å². The Hall–Kier alpha value is -5.68. The minimum Gasteiger partial charge on any atom is -0.505 e. The molecule has 0 amide bonds. The van der Waals surface area contributed by atoms with Gasteiger partial charge in [0, 0.05) is 28.1 Å². The van der Waals surface area contributed by atoms with E-state index in [0.717, 1.165) is 0 Å². The lowest BCUT2D eigenvalue weighted by atomic mass is 9.93. The third-order valence-corrected chi connectivity index (χ3v) is 6.40. The zero-order valence-electron chi connectivity index (χ0n) is 22.2. The van der Waals surface area contributed by atoms with E-state index in [0.29, 0.717) is 28.1 Å². The number of para-hydroxylation sites is 2. The first kappa shape index (κ1) is 26.9. The molecule has 5 aromatic rings. The van der Waals surface area contributed by atoms with Gasteiger partial charge in [0.1, 0.15) is 11.5 Å². The van der Waals surface area contributed by atoms with Gasteiger partial charge in [-0.05, 0) is 24.3 Å². The zero-order valence-corrected chi connectivity index (χ0v) is 22.2.